The molecule has 1 atom stereocenters. The predicted molar refractivity (Wildman–Crippen MR) is 178 cm³/mol. The van der Waals surface area contributed by atoms with Gasteiger partial charge in [0.2, 0.25) is 0 Å². The first-order valence-corrected chi connectivity index (χ1v) is 17.2. The number of carbonyl (C=O) groups is 3. The number of fused-ring (bicyclic) bond motifs is 2. The van der Waals surface area contributed by atoms with Gasteiger partial charge < -0.3 is 34.5 Å². The standard InChI is InChI=1S/C35H46N8O4/c1-25-22-26(24-42-17-13-37-32(25)42)23-31(33(44)40-20-18-39(19-21-40)28-6-11-36-12-7-28)47-35(46)41-14-9-29(10-15-41)43-16-8-27-4-2-3-5-30(27)38-34(43)45/h2-5,13,17,22,24,28-29,31,36H,6-12,14-16,18-21,23H2,1H3,(H,38,45)/t31-/m1/s1. The van der Waals surface area contributed by atoms with Gasteiger partial charge in [-0.05, 0) is 74.9 Å². The third-order valence-corrected chi connectivity index (χ3v) is 10.4. The lowest BCUT2D eigenvalue weighted by molar-refractivity contribution is -0.143. The molecule has 47 heavy (non-hydrogen) atoms. The summed E-state index contributed by atoms with van der Waals surface area (Å²) in [5.74, 6) is -0.137. The van der Waals surface area contributed by atoms with Crippen molar-refractivity contribution in [2.75, 3.05) is 64.2 Å². The van der Waals surface area contributed by atoms with Gasteiger partial charge in [-0.25, -0.2) is 14.6 Å². The third-order valence-electron chi connectivity index (χ3n) is 10.4. The Bertz CT molecular complexity index is 1590. The topological polar surface area (TPSA) is 115 Å². The molecule has 12 heteroatoms. The van der Waals surface area contributed by atoms with Crippen molar-refractivity contribution < 1.29 is 19.1 Å². The van der Waals surface area contributed by atoms with E-state index in [9.17, 15) is 14.4 Å². The zero-order chi connectivity index (χ0) is 32.3. The SMILES string of the molecule is Cc1cc(C[C@@H](OC(=O)N2CCC(N3CCc4ccccc4NC3=O)CC2)C(=O)N2CCN(C3CCNCC3)CC2)cn2ccnc12. The van der Waals surface area contributed by atoms with Gasteiger partial charge in [-0.2, -0.15) is 0 Å². The molecule has 0 aliphatic carbocycles. The number of carbonyl (C=O) groups excluding carboxylic acids is 3. The molecule has 4 amide bonds. The van der Waals surface area contributed by atoms with E-state index in [1.807, 2.05) is 57.8 Å². The first-order chi connectivity index (χ1) is 22.9. The summed E-state index contributed by atoms with van der Waals surface area (Å²) in [5, 5.41) is 6.49. The molecule has 3 fully saturated rings. The zero-order valence-corrected chi connectivity index (χ0v) is 27.3. The van der Waals surface area contributed by atoms with E-state index >= 15 is 0 Å². The average molecular weight is 643 g/mol. The Morgan fingerprint density at radius 3 is 2.51 bits per heavy atom. The number of anilines is 1. The van der Waals surface area contributed by atoms with Crippen molar-refractivity contribution in [3.8, 4) is 0 Å². The zero-order valence-electron chi connectivity index (χ0n) is 27.3. The molecule has 1 aromatic carbocycles. The molecule has 7 rings (SSSR count). The van der Waals surface area contributed by atoms with Crippen LogP contribution in [0.3, 0.4) is 0 Å². The van der Waals surface area contributed by atoms with Gasteiger partial charge in [0.15, 0.2) is 6.10 Å². The number of piperidine rings is 2. The minimum absolute atomic E-state index is 0.0342. The Morgan fingerprint density at radius 1 is 0.957 bits per heavy atom. The highest BCUT2D eigenvalue weighted by Gasteiger charge is 2.36. The lowest BCUT2D eigenvalue weighted by Crippen LogP contribution is -2.56. The van der Waals surface area contributed by atoms with E-state index in [1.165, 1.54) is 0 Å². The number of nitrogens with one attached hydrogen (secondary N) is 2. The van der Waals surface area contributed by atoms with Gasteiger partial charge in [0, 0.05) is 88.6 Å². The second-order valence-electron chi connectivity index (χ2n) is 13.4. The first-order valence-electron chi connectivity index (χ1n) is 17.2. The summed E-state index contributed by atoms with van der Waals surface area (Å²) in [6.07, 6.45) is 8.89. The van der Waals surface area contributed by atoms with Crippen LogP contribution in [0.25, 0.3) is 5.65 Å². The Labute approximate surface area is 276 Å². The molecule has 12 nitrogen and oxygen atoms in total. The van der Waals surface area contributed by atoms with Crippen LogP contribution in [0.1, 0.15) is 42.4 Å². The van der Waals surface area contributed by atoms with Crippen LogP contribution < -0.4 is 10.6 Å². The summed E-state index contributed by atoms with van der Waals surface area (Å²) in [5.41, 5.74) is 4.79. The van der Waals surface area contributed by atoms with Crippen LogP contribution in [-0.2, 0) is 22.4 Å². The van der Waals surface area contributed by atoms with Gasteiger partial charge in [-0.1, -0.05) is 24.3 Å². The van der Waals surface area contributed by atoms with Crippen LogP contribution in [-0.4, -0.2) is 124 Å². The van der Waals surface area contributed by atoms with Crippen molar-refractivity contribution in [2.24, 2.45) is 0 Å². The largest absolute Gasteiger partial charge is 0.436 e. The molecule has 0 saturated carbocycles. The summed E-state index contributed by atoms with van der Waals surface area (Å²) in [7, 11) is 0. The van der Waals surface area contributed by atoms with Gasteiger partial charge in [0.05, 0.1) is 0 Å². The monoisotopic (exact) mass is 642 g/mol. The highest BCUT2D eigenvalue weighted by atomic mass is 16.6. The van der Waals surface area contributed by atoms with Crippen molar-refractivity contribution in [1.29, 1.82) is 0 Å². The second kappa shape index (κ2) is 13.9. The number of urea groups is 1. The summed E-state index contributed by atoms with van der Waals surface area (Å²) in [6.45, 7) is 8.58. The number of imidazole rings is 1. The fourth-order valence-corrected chi connectivity index (χ4v) is 7.76. The summed E-state index contributed by atoms with van der Waals surface area (Å²) in [4.78, 5) is 53.2. The van der Waals surface area contributed by atoms with E-state index in [0.717, 1.165) is 73.5 Å². The Hall–Kier alpha value is -4.16. The van der Waals surface area contributed by atoms with Gasteiger partial charge in [0.25, 0.3) is 5.91 Å². The maximum absolute atomic E-state index is 14.1. The molecule has 0 bridgehead atoms. The fourth-order valence-electron chi connectivity index (χ4n) is 7.76. The number of para-hydroxylation sites is 1. The smallest absolute Gasteiger partial charge is 0.410 e. The summed E-state index contributed by atoms with van der Waals surface area (Å²) >= 11 is 0. The van der Waals surface area contributed by atoms with Crippen LogP contribution >= 0.6 is 0 Å². The van der Waals surface area contributed by atoms with E-state index in [1.54, 1.807) is 11.1 Å². The number of piperazine rings is 1. The quantitative estimate of drug-likeness (QED) is 0.425. The maximum Gasteiger partial charge on any atom is 0.410 e. The van der Waals surface area contributed by atoms with E-state index in [0.29, 0.717) is 58.0 Å². The Kier molecular flexibility index (Phi) is 9.30. The third kappa shape index (κ3) is 6.94. The lowest BCUT2D eigenvalue weighted by atomic mass is 10.0. The van der Waals surface area contributed by atoms with Gasteiger partial charge in [-0.3, -0.25) is 9.69 Å². The number of aromatic nitrogens is 2. The predicted octanol–water partition coefficient (Wildman–Crippen LogP) is 3.14. The number of ether oxygens (including phenoxy) is 1. The number of rotatable bonds is 6. The highest BCUT2D eigenvalue weighted by molar-refractivity contribution is 5.91. The Morgan fingerprint density at radius 2 is 1.72 bits per heavy atom. The lowest BCUT2D eigenvalue weighted by Gasteiger charge is -2.41. The molecule has 250 valence electrons. The van der Waals surface area contributed by atoms with Crippen molar-refractivity contribution in [3.05, 3.63) is 65.6 Å². The van der Waals surface area contributed by atoms with Crippen molar-refractivity contribution in [3.63, 3.8) is 0 Å². The number of benzene rings is 1. The number of amides is 4. The molecule has 0 radical (unpaired) electrons. The maximum atomic E-state index is 14.1. The molecule has 3 saturated heterocycles. The normalized spacial score (nSPS) is 20.9. The molecule has 6 heterocycles. The molecular formula is C35H46N8O4. The molecule has 2 N–H and O–H groups in total. The first kappa shape index (κ1) is 31.4. The van der Waals surface area contributed by atoms with Crippen LogP contribution in [0.4, 0.5) is 15.3 Å². The van der Waals surface area contributed by atoms with Crippen molar-refractivity contribution >= 4 is 29.4 Å². The number of hydrogen-bond donors (Lipinski definition) is 2. The molecule has 4 aliphatic rings. The van der Waals surface area contributed by atoms with Crippen molar-refractivity contribution in [1.82, 2.24) is 34.3 Å². The minimum Gasteiger partial charge on any atom is -0.436 e. The number of hydrogen-bond acceptors (Lipinski definition) is 7. The molecule has 0 spiro atoms. The molecule has 4 aliphatic heterocycles. The van der Waals surface area contributed by atoms with E-state index in [2.05, 4.69) is 26.6 Å². The summed E-state index contributed by atoms with van der Waals surface area (Å²) < 4.78 is 8.06. The number of pyridine rings is 1. The van der Waals surface area contributed by atoms with Crippen LogP contribution in [0.15, 0.2) is 48.9 Å². The number of likely N-dealkylation sites (tertiary alicyclic amines) is 1. The highest BCUT2D eigenvalue weighted by Crippen LogP contribution is 2.25. The number of aryl methyl sites for hydroxylation is 1. The minimum atomic E-state index is -0.930. The van der Waals surface area contributed by atoms with Crippen LogP contribution in [0.2, 0.25) is 0 Å². The van der Waals surface area contributed by atoms with Gasteiger partial charge in [0.1, 0.15) is 5.65 Å². The number of nitrogens with zero attached hydrogens (tertiary/aromatic N) is 6. The second-order valence-corrected chi connectivity index (χ2v) is 13.4. The molecule has 2 aromatic heterocycles. The molecular weight excluding hydrogens is 596 g/mol. The van der Waals surface area contributed by atoms with Gasteiger partial charge in [-0.15, -0.1) is 0 Å². The van der Waals surface area contributed by atoms with Crippen LogP contribution in [0, 0.1) is 6.92 Å². The Balaban J connectivity index is 1.00. The fraction of sp³-hybridized carbons (Fsp3) is 0.543. The molecule has 0 unspecified atom stereocenters. The summed E-state index contributed by atoms with van der Waals surface area (Å²) in [6, 6.07) is 10.5. The van der Waals surface area contributed by atoms with E-state index < -0.39 is 12.2 Å². The van der Waals surface area contributed by atoms with Crippen LogP contribution in [0.5, 0.6) is 0 Å². The van der Waals surface area contributed by atoms with E-state index in [-0.39, 0.29) is 18.0 Å². The van der Waals surface area contributed by atoms with Crippen molar-refractivity contribution in [2.45, 2.75) is 63.6 Å². The molecule has 3 aromatic rings. The van der Waals surface area contributed by atoms with Gasteiger partial charge >= 0.3 is 12.1 Å². The van der Waals surface area contributed by atoms with E-state index in [4.69, 9.17) is 4.74 Å². The average Bonchev–Trinajstić information content (AvgIpc) is 3.52.